The first kappa shape index (κ1) is 6.59. The number of nitrogens with two attached hydrogens (primary N) is 1. The lowest BCUT2D eigenvalue weighted by molar-refractivity contribution is -0.121. The Labute approximate surface area is 42.4 Å². The van der Waals surface area contributed by atoms with E-state index in [1.807, 2.05) is 0 Å². The highest BCUT2D eigenvalue weighted by atomic mass is 16.5. The molecule has 2 N–H and O–H groups in total. The molecular weight excluding hydrogens is 94.0 g/mol. The van der Waals surface area contributed by atoms with Gasteiger partial charge in [0, 0.05) is 7.11 Å². The minimum atomic E-state index is -0.0671. The third-order valence-corrected chi connectivity index (χ3v) is 0.533. The van der Waals surface area contributed by atoms with Crippen molar-refractivity contribution in [2.24, 2.45) is 5.73 Å². The second-order valence-electron chi connectivity index (χ2n) is 1.18. The highest BCUT2D eigenvalue weighted by Gasteiger charge is 1.92. The molecule has 0 radical (unpaired) electrons. The molecule has 3 nitrogen and oxygen atoms in total. The minimum absolute atomic E-state index is 0.0671. The molecule has 0 rings (SSSR count). The van der Waals surface area contributed by atoms with E-state index in [1.54, 1.807) is 0 Å². The predicted octanol–water partition coefficient (Wildman–Crippen LogP) is -0.839. The Kier molecular flexibility index (Phi) is 3.55. The Balaban J connectivity index is 3.00. The van der Waals surface area contributed by atoms with Crippen LogP contribution in [0.1, 0.15) is 0 Å². The standard InChI is InChI=1S/C4H9NO2/c1-7-3-4(6)2-5/h2-3,5H2,1H3. The smallest absolute Gasteiger partial charge is 0.171 e. The number of Topliss-reactive ketones (excluding diaryl/α,β-unsaturated/α-hetero) is 1. The highest BCUT2D eigenvalue weighted by Crippen LogP contribution is 1.66. The van der Waals surface area contributed by atoms with Crippen molar-refractivity contribution in [2.75, 3.05) is 20.3 Å². The zero-order chi connectivity index (χ0) is 5.70. The van der Waals surface area contributed by atoms with Crippen molar-refractivity contribution in [3.63, 3.8) is 0 Å². The minimum Gasteiger partial charge on any atom is -0.377 e. The zero-order valence-electron chi connectivity index (χ0n) is 4.31. The second-order valence-corrected chi connectivity index (χ2v) is 1.18. The van der Waals surface area contributed by atoms with Crippen LogP contribution in [0, 0.1) is 0 Å². The number of rotatable bonds is 3. The van der Waals surface area contributed by atoms with Gasteiger partial charge in [-0.2, -0.15) is 0 Å². The van der Waals surface area contributed by atoms with E-state index >= 15 is 0 Å². The molecule has 0 unspecified atom stereocenters. The molecule has 0 aromatic carbocycles. The van der Waals surface area contributed by atoms with E-state index in [0.717, 1.165) is 0 Å². The van der Waals surface area contributed by atoms with E-state index in [-0.39, 0.29) is 18.9 Å². The summed E-state index contributed by atoms with van der Waals surface area (Å²) in [5.41, 5.74) is 4.93. The van der Waals surface area contributed by atoms with E-state index in [1.165, 1.54) is 7.11 Å². The number of methoxy groups -OCH3 is 1. The van der Waals surface area contributed by atoms with Crippen LogP contribution in [0.2, 0.25) is 0 Å². The van der Waals surface area contributed by atoms with Gasteiger partial charge in [-0.1, -0.05) is 0 Å². The van der Waals surface area contributed by atoms with Crippen molar-refractivity contribution in [2.45, 2.75) is 0 Å². The van der Waals surface area contributed by atoms with Gasteiger partial charge in [0.15, 0.2) is 5.78 Å². The van der Waals surface area contributed by atoms with E-state index in [4.69, 9.17) is 5.73 Å². The molecule has 0 bridgehead atoms. The molecule has 0 saturated heterocycles. The molecule has 42 valence electrons. The van der Waals surface area contributed by atoms with E-state index in [0.29, 0.717) is 0 Å². The number of ether oxygens (including phenoxy) is 1. The van der Waals surface area contributed by atoms with Crippen LogP contribution in [0.5, 0.6) is 0 Å². The number of hydrogen-bond acceptors (Lipinski definition) is 3. The zero-order valence-corrected chi connectivity index (χ0v) is 4.31. The molecule has 0 aliphatic carbocycles. The molecule has 0 fully saturated rings. The van der Waals surface area contributed by atoms with Crippen LogP contribution >= 0.6 is 0 Å². The van der Waals surface area contributed by atoms with Gasteiger partial charge in [0.05, 0.1) is 6.54 Å². The fraction of sp³-hybridized carbons (Fsp3) is 0.750. The fourth-order valence-corrected chi connectivity index (χ4v) is 0.220. The average molecular weight is 103 g/mol. The molecule has 0 atom stereocenters. The van der Waals surface area contributed by atoms with E-state index in [9.17, 15) is 4.79 Å². The van der Waals surface area contributed by atoms with Gasteiger partial charge in [0.25, 0.3) is 0 Å². The molecule has 0 aromatic rings. The maximum absolute atomic E-state index is 10.2. The van der Waals surface area contributed by atoms with Crippen LogP contribution in [0.15, 0.2) is 0 Å². The first-order chi connectivity index (χ1) is 3.31. The quantitative estimate of drug-likeness (QED) is 0.506. The number of ketones is 1. The molecule has 3 heteroatoms. The molecule has 0 amide bonds. The first-order valence-corrected chi connectivity index (χ1v) is 2.02. The maximum Gasteiger partial charge on any atom is 0.171 e. The van der Waals surface area contributed by atoms with Crippen molar-refractivity contribution in [3.05, 3.63) is 0 Å². The Morgan fingerprint density at radius 3 is 2.57 bits per heavy atom. The van der Waals surface area contributed by atoms with Crippen LogP contribution in [0.4, 0.5) is 0 Å². The summed E-state index contributed by atoms with van der Waals surface area (Å²) >= 11 is 0. The van der Waals surface area contributed by atoms with Crippen LogP contribution in [-0.4, -0.2) is 26.0 Å². The Hall–Kier alpha value is -0.410. The molecule has 0 spiro atoms. The van der Waals surface area contributed by atoms with Crippen molar-refractivity contribution < 1.29 is 9.53 Å². The van der Waals surface area contributed by atoms with Crippen molar-refractivity contribution in [3.8, 4) is 0 Å². The lowest BCUT2D eigenvalue weighted by atomic mass is 10.4. The number of carbonyl (C=O) groups is 1. The van der Waals surface area contributed by atoms with Crippen molar-refractivity contribution in [1.29, 1.82) is 0 Å². The lowest BCUT2D eigenvalue weighted by Gasteiger charge is -1.90. The van der Waals surface area contributed by atoms with Crippen LogP contribution < -0.4 is 5.73 Å². The van der Waals surface area contributed by atoms with Crippen LogP contribution in [-0.2, 0) is 9.53 Å². The summed E-state index contributed by atoms with van der Waals surface area (Å²) in [7, 11) is 1.47. The van der Waals surface area contributed by atoms with Gasteiger partial charge in [0.1, 0.15) is 6.61 Å². The van der Waals surface area contributed by atoms with Gasteiger partial charge in [-0.05, 0) is 0 Å². The van der Waals surface area contributed by atoms with Gasteiger partial charge < -0.3 is 10.5 Å². The lowest BCUT2D eigenvalue weighted by Crippen LogP contribution is -2.17. The van der Waals surface area contributed by atoms with Crippen LogP contribution in [0.25, 0.3) is 0 Å². The second kappa shape index (κ2) is 3.77. The topological polar surface area (TPSA) is 52.3 Å². The summed E-state index contributed by atoms with van der Waals surface area (Å²) < 4.78 is 4.46. The Morgan fingerprint density at radius 2 is 2.43 bits per heavy atom. The average Bonchev–Trinajstić information content (AvgIpc) is 1.68. The number of carbonyl (C=O) groups excluding carboxylic acids is 1. The molecule has 0 aliphatic rings. The largest absolute Gasteiger partial charge is 0.377 e. The van der Waals surface area contributed by atoms with Crippen molar-refractivity contribution in [1.82, 2.24) is 0 Å². The molecule has 0 aromatic heterocycles. The van der Waals surface area contributed by atoms with Gasteiger partial charge >= 0.3 is 0 Å². The maximum atomic E-state index is 10.2. The first-order valence-electron chi connectivity index (χ1n) is 2.02. The highest BCUT2D eigenvalue weighted by molar-refractivity contribution is 5.81. The molecule has 0 aliphatic heterocycles. The normalized spacial score (nSPS) is 8.86. The fourth-order valence-electron chi connectivity index (χ4n) is 0.220. The molecule has 0 saturated carbocycles. The Bertz CT molecular complexity index is 62.7. The van der Waals surface area contributed by atoms with Crippen LogP contribution in [0.3, 0.4) is 0 Å². The van der Waals surface area contributed by atoms with Crippen molar-refractivity contribution >= 4 is 5.78 Å². The van der Waals surface area contributed by atoms with Gasteiger partial charge in [0.2, 0.25) is 0 Å². The van der Waals surface area contributed by atoms with Gasteiger partial charge in [-0.3, -0.25) is 4.79 Å². The third kappa shape index (κ3) is 3.42. The molecule has 0 heterocycles. The van der Waals surface area contributed by atoms with Gasteiger partial charge in [-0.15, -0.1) is 0 Å². The molecule has 7 heavy (non-hydrogen) atoms. The summed E-state index contributed by atoms with van der Waals surface area (Å²) in [5.74, 6) is -0.0671. The predicted molar refractivity (Wildman–Crippen MR) is 25.9 cm³/mol. The summed E-state index contributed by atoms with van der Waals surface area (Å²) in [5, 5.41) is 0. The molecular formula is C4H9NO2. The Morgan fingerprint density at radius 1 is 1.86 bits per heavy atom. The summed E-state index contributed by atoms with van der Waals surface area (Å²) in [6, 6.07) is 0. The summed E-state index contributed by atoms with van der Waals surface area (Å²) in [6.07, 6.45) is 0. The SMILES string of the molecule is COCC(=O)CN. The number of hydrogen-bond donors (Lipinski definition) is 1. The van der Waals surface area contributed by atoms with Gasteiger partial charge in [-0.25, -0.2) is 0 Å². The summed E-state index contributed by atoms with van der Waals surface area (Å²) in [6.45, 7) is 0.213. The summed E-state index contributed by atoms with van der Waals surface area (Å²) in [4.78, 5) is 10.2. The van der Waals surface area contributed by atoms with E-state index < -0.39 is 0 Å². The monoisotopic (exact) mass is 103 g/mol. The van der Waals surface area contributed by atoms with E-state index in [2.05, 4.69) is 4.74 Å². The third-order valence-electron chi connectivity index (χ3n) is 0.533.